The van der Waals surface area contributed by atoms with E-state index in [1.165, 1.54) is 0 Å². The zero-order valence-electron chi connectivity index (χ0n) is 11.0. The van der Waals surface area contributed by atoms with E-state index in [0.717, 1.165) is 13.2 Å². The summed E-state index contributed by atoms with van der Waals surface area (Å²) in [7, 11) is 0. The second kappa shape index (κ2) is 6.93. The van der Waals surface area contributed by atoms with Crippen molar-refractivity contribution in [2.45, 2.75) is 45.3 Å². The zero-order chi connectivity index (χ0) is 12.8. The van der Waals surface area contributed by atoms with Crippen molar-refractivity contribution in [1.82, 2.24) is 4.90 Å². The van der Waals surface area contributed by atoms with Gasteiger partial charge in [0.1, 0.15) is 12.6 Å². The van der Waals surface area contributed by atoms with Gasteiger partial charge in [-0.15, -0.1) is 0 Å². The van der Waals surface area contributed by atoms with Gasteiger partial charge in [0.25, 0.3) is 0 Å². The Labute approximate surface area is 103 Å². The van der Waals surface area contributed by atoms with Crippen molar-refractivity contribution >= 4 is 5.97 Å². The molecule has 5 nitrogen and oxygen atoms in total. The molecule has 100 valence electrons. The highest BCUT2D eigenvalue weighted by atomic mass is 16.5. The normalized spacial score (nSPS) is 23.7. The molecule has 0 unspecified atom stereocenters. The average molecular weight is 244 g/mol. The molecule has 1 heterocycles. The molecule has 0 amide bonds. The van der Waals surface area contributed by atoms with Gasteiger partial charge in [-0.25, -0.2) is 0 Å². The molecule has 1 fully saturated rings. The molecule has 2 N–H and O–H groups in total. The highest BCUT2D eigenvalue weighted by Crippen LogP contribution is 2.11. The maximum Gasteiger partial charge on any atom is 0.322 e. The van der Waals surface area contributed by atoms with Crippen molar-refractivity contribution in [1.29, 1.82) is 0 Å². The number of carbonyl (C=O) groups is 1. The molecule has 0 spiro atoms. The number of carbonyl (C=O) groups excluding carboxylic acids is 1. The molecule has 0 bridgehead atoms. The Morgan fingerprint density at radius 2 is 2.29 bits per heavy atom. The smallest absolute Gasteiger partial charge is 0.322 e. The standard InChI is InChI=1S/C12H24N2O3/c1-4-11(13)12(15)17-8-10-7-16-6-5-14(10)9(2)3/h9-11H,4-8,13H2,1-3H3/t10-,11-/m0/s1. The molecule has 0 aromatic heterocycles. The Kier molecular flexibility index (Phi) is 5.88. The molecule has 2 atom stereocenters. The van der Waals surface area contributed by atoms with Gasteiger partial charge >= 0.3 is 5.97 Å². The highest BCUT2D eigenvalue weighted by Gasteiger charge is 2.26. The van der Waals surface area contributed by atoms with Gasteiger partial charge in [0, 0.05) is 12.6 Å². The highest BCUT2D eigenvalue weighted by molar-refractivity contribution is 5.75. The average Bonchev–Trinajstić information content (AvgIpc) is 2.35. The molecule has 1 rings (SSSR count). The molecule has 1 aliphatic rings. The van der Waals surface area contributed by atoms with Crippen molar-refractivity contribution in [3.63, 3.8) is 0 Å². The van der Waals surface area contributed by atoms with Crippen LogP contribution in [0.5, 0.6) is 0 Å². The lowest BCUT2D eigenvalue weighted by atomic mass is 10.2. The van der Waals surface area contributed by atoms with Crippen LogP contribution in [0.2, 0.25) is 0 Å². The second-order valence-electron chi connectivity index (χ2n) is 4.71. The number of nitrogens with two attached hydrogens (primary N) is 1. The van der Waals surface area contributed by atoms with Crippen molar-refractivity contribution in [2.75, 3.05) is 26.4 Å². The van der Waals surface area contributed by atoms with Crippen LogP contribution in [0.4, 0.5) is 0 Å². The lowest BCUT2D eigenvalue weighted by Gasteiger charge is -2.38. The first-order valence-corrected chi connectivity index (χ1v) is 6.32. The zero-order valence-corrected chi connectivity index (χ0v) is 11.0. The van der Waals surface area contributed by atoms with E-state index in [1.807, 2.05) is 6.92 Å². The second-order valence-corrected chi connectivity index (χ2v) is 4.71. The van der Waals surface area contributed by atoms with Crippen molar-refractivity contribution < 1.29 is 14.3 Å². The van der Waals surface area contributed by atoms with Gasteiger partial charge in [-0.1, -0.05) is 6.92 Å². The van der Waals surface area contributed by atoms with Crippen LogP contribution in [0.1, 0.15) is 27.2 Å². The van der Waals surface area contributed by atoms with Crippen LogP contribution in [0, 0.1) is 0 Å². The number of morpholine rings is 1. The van der Waals surface area contributed by atoms with Crippen LogP contribution in [0.3, 0.4) is 0 Å². The van der Waals surface area contributed by atoms with E-state index in [1.54, 1.807) is 0 Å². The van der Waals surface area contributed by atoms with Gasteiger partial charge in [-0.05, 0) is 20.3 Å². The minimum absolute atomic E-state index is 0.150. The molecule has 0 aromatic rings. The van der Waals surface area contributed by atoms with E-state index in [-0.39, 0.29) is 12.0 Å². The molecule has 0 saturated carbocycles. The number of ether oxygens (including phenoxy) is 2. The quantitative estimate of drug-likeness (QED) is 0.708. The van der Waals surface area contributed by atoms with Crippen LogP contribution in [-0.4, -0.2) is 55.4 Å². The van der Waals surface area contributed by atoms with E-state index in [9.17, 15) is 4.79 Å². The van der Waals surface area contributed by atoms with E-state index in [0.29, 0.717) is 25.7 Å². The third-order valence-electron chi connectivity index (χ3n) is 3.10. The van der Waals surface area contributed by atoms with Gasteiger partial charge in [0.05, 0.1) is 19.3 Å². The summed E-state index contributed by atoms with van der Waals surface area (Å²) in [6.45, 7) is 8.76. The summed E-state index contributed by atoms with van der Waals surface area (Å²) in [4.78, 5) is 13.8. The van der Waals surface area contributed by atoms with Crippen molar-refractivity contribution in [2.24, 2.45) is 5.73 Å². The number of rotatable bonds is 5. The molecule has 0 aliphatic carbocycles. The minimum Gasteiger partial charge on any atom is -0.463 e. The van der Waals surface area contributed by atoms with Gasteiger partial charge in [0.2, 0.25) is 0 Å². The largest absolute Gasteiger partial charge is 0.463 e. The predicted octanol–water partition coefficient (Wildman–Crippen LogP) is 0.376. The van der Waals surface area contributed by atoms with Gasteiger partial charge in [-0.3, -0.25) is 9.69 Å². The lowest BCUT2D eigenvalue weighted by Crippen LogP contribution is -2.51. The molecule has 5 heteroatoms. The summed E-state index contributed by atoms with van der Waals surface area (Å²) < 4.78 is 10.6. The Hall–Kier alpha value is -0.650. The number of hydrogen-bond donors (Lipinski definition) is 1. The summed E-state index contributed by atoms with van der Waals surface area (Å²) in [5.74, 6) is -0.318. The lowest BCUT2D eigenvalue weighted by molar-refractivity contribution is -0.149. The van der Waals surface area contributed by atoms with Crippen molar-refractivity contribution in [3.05, 3.63) is 0 Å². The van der Waals surface area contributed by atoms with Crippen LogP contribution in [-0.2, 0) is 14.3 Å². The molecule has 0 aromatic carbocycles. The Bertz CT molecular complexity index is 246. The van der Waals surface area contributed by atoms with Crippen LogP contribution >= 0.6 is 0 Å². The molecule has 0 radical (unpaired) electrons. The number of hydrogen-bond acceptors (Lipinski definition) is 5. The van der Waals surface area contributed by atoms with Gasteiger partial charge < -0.3 is 15.2 Å². The first kappa shape index (κ1) is 14.4. The molecular weight excluding hydrogens is 220 g/mol. The predicted molar refractivity (Wildman–Crippen MR) is 65.7 cm³/mol. The van der Waals surface area contributed by atoms with Crippen LogP contribution in [0.25, 0.3) is 0 Å². The fraction of sp³-hybridized carbons (Fsp3) is 0.917. The minimum atomic E-state index is -0.507. The van der Waals surface area contributed by atoms with E-state index in [4.69, 9.17) is 15.2 Å². The fourth-order valence-electron chi connectivity index (χ4n) is 1.94. The number of esters is 1. The van der Waals surface area contributed by atoms with E-state index >= 15 is 0 Å². The maximum absolute atomic E-state index is 11.5. The maximum atomic E-state index is 11.5. The molecule has 17 heavy (non-hydrogen) atoms. The fourth-order valence-corrected chi connectivity index (χ4v) is 1.94. The van der Waals surface area contributed by atoms with Crippen molar-refractivity contribution in [3.8, 4) is 0 Å². The van der Waals surface area contributed by atoms with Gasteiger partial charge in [0.15, 0.2) is 0 Å². The summed E-state index contributed by atoms with van der Waals surface area (Å²) in [6, 6.07) is 0.0752. The van der Waals surface area contributed by atoms with Crippen LogP contribution in [0.15, 0.2) is 0 Å². The third kappa shape index (κ3) is 4.26. The summed E-state index contributed by atoms with van der Waals surface area (Å²) >= 11 is 0. The summed E-state index contributed by atoms with van der Waals surface area (Å²) in [5, 5.41) is 0. The first-order valence-electron chi connectivity index (χ1n) is 6.32. The Morgan fingerprint density at radius 1 is 1.59 bits per heavy atom. The first-order chi connectivity index (χ1) is 8.06. The topological polar surface area (TPSA) is 64.8 Å². The Morgan fingerprint density at radius 3 is 2.88 bits per heavy atom. The summed E-state index contributed by atoms with van der Waals surface area (Å²) in [6.07, 6.45) is 0.605. The SMILES string of the molecule is CC[C@H](N)C(=O)OC[C@@H]1COCCN1C(C)C. The van der Waals surface area contributed by atoms with E-state index in [2.05, 4.69) is 18.7 Å². The molecular formula is C12H24N2O3. The monoisotopic (exact) mass is 244 g/mol. The Balaban J connectivity index is 2.40. The molecule has 1 aliphatic heterocycles. The van der Waals surface area contributed by atoms with E-state index < -0.39 is 6.04 Å². The number of nitrogens with zero attached hydrogens (tertiary/aromatic N) is 1. The molecule has 1 saturated heterocycles. The van der Waals surface area contributed by atoms with Gasteiger partial charge in [-0.2, -0.15) is 0 Å². The van der Waals surface area contributed by atoms with Crippen LogP contribution < -0.4 is 5.73 Å². The third-order valence-corrected chi connectivity index (χ3v) is 3.10. The summed E-state index contributed by atoms with van der Waals surface area (Å²) in [5.41, 5.74) is 5.61.